The number of aryl methyl sites for hydroxylation is 1. The minimum absolute atomic E-state index is 0.0430. The third kappa shape index (κ3) is 4.78. The van der Waals surface area contributed by atoms with Crippen LogP contribution in [-0.2, 0) is 17.8 Å². The molecular weight excluding hydrogens is 308 g/mol. The highest BCUT2D eigenvalue weighted by atomic mass is 32.1. The number of rotatable bonds is 8. The predicted molar refractivity (Wildman–Crippen MR) is 95.4 cm³/mol. The molecule has 1 aromatic carbocycles. The fourth-order valence-electron chi connectivity index (χ4n) is 2.32. The van der Waals surface area contributed by atoms with Gasteiger partial charge in [-0.25, -0.2) is 0 Å². The highest BCUT2D eigenvalue weighted by Crippen LogP contribution is 2.22. The van der Waals surface area contributed by atoms with Crippen LogP contribution in [0.4, 0.5) is 0 Å². The summed E-state index contributed by atoms with van der Waals surface area (Å²) >= 11 is 1.58. The Labute approximate surface area is 141 Å². The Balaban J connectivity index is 2.12. The average molecular weight is 330 g/mol. The number of thiophene rings is 1. The SMILES string of the molecule is CCCc1ccc(C(=O)/C=C/c2ccc(OC)c(COC)c2)s1. The first kappa shape index (κ1) is 17.4. The lowest BCUT2D eigenvalue weighted by Crippen LogP contribution is -1.95. The Kier molecular flexibility index (Phi) is 6.56. The summed E-state index contributed by atoms with van der Waals surface area (Å²) in [5.41, 5.74) is 1.92. The summed E-state index contributed by atoms with van der Waals surface area (Å²) in [4.78, 5) is 14.3. The number of benzene rings is 1. The second kappa shape index (κ2) is 8.65. The molecule has 0 spiro atoms. The monoisotopic (exact) mass is 330 g/mol. The Morgan fingerprint density at radius 2 is 2.04 bits per heavy atom. The van der Waals surface area contributed by atoms with Gasteiger partial charge in [0.2, 0.25) is 0 Å². The van der Waals surface area contributed by atoms with Gasteiger partial charge in [0.05, 0.1) is 18.6 Å². The minimum atomic E-state index is 0.0430. The molecule has 122 valence electrons. The number of carbonyl (C=O) groups excluding carboxylic acids is 1. The van der Waals surface area contributed by atoms with Crippen LogP contribution in [0.1, 0.15) is 39.0 Å². The van der Waals surface area contributed by atoms with E-state index in [0.29, 0.717) is 6.61 Å². The Morgan fingerprint density at radius 3 is 2.74 bits per heavy atom. The molecule has 4 heteroatoms. The van der Waals surface area contributed by atoms with E-state index in [1.165, 1.54) is 4.88 Å². The van der Waals surface area contributed by atoms with Crippen LogP contribution < -0.4 is 4.74 Å². The van der Waals surface area contributed by atoms with Crippen molar-refractivity contribution in [3.63, 3.8) is 0 Å². The molecule has 0 amide bonds. The molecule has 3 nitrogen and oxygen atoms in total. The number of allylic oxidation sites excluding steroid dienone is 1. The van der Waals surface area contributed by atoms with E-state index in [1.807, 2.05) is 36.4 Å². The van der Waals surface area contributed by atoms with Gasteiger partial charge in [0.25, 0.3) is 0 Å². The number of ether oxygens (including phenoxy) is 2. The van der Waals surface area contributed by atoms with Crippen molar-refractivity contribution in [2.45, 2.75) is 26.4 Å². The van der Waals surface area contributed by atoms with Gasteiger partial charge in [-0.3, -0.25) is 4.79 Å². The normalized spacial score (nSPS) is 11.1. The van der Waals surface area contributed by atoms with E-state index in [1.54, 1.807) is 31.6 Å². The van der Waals surface area contributed by atoms with Gasteiger partial charge in [-0.15, -0.1) is 11.3 Å². The number of ketones is 1. The van der Waals surface area contributed by atoms with Crippen LogP contribution in [0.3, 0.4) is 0 Å². The van der Waals surface area contributed by atoms with Gasteiger partial charge in [-0.1, -0.05) is 25.5 Å². The summed E-state index contributed by atoms with van der Waals surface area (Å²) in [6.45, 7) is 2.62. The van der Waals surface area contributed by atoms with Gasteiger partial charge in [0.1, 0.15) is 5.75 Å². The minimum Gasteiger partial charge on any atom is -0.496 e. The highest BCUT2D eigenvalue weighted by molar-refractivity contribution is 7.14. The van der Waals surface area contributed by atoms with Crippen molar-refractivity contribution in [2.24, 2.45) is 0 Å². The molecule has 0 fully saturated rings. The van der Waals surface area contributed by atoms with E-state index >= 15 is 0 Å². The van der Waals surface area contributed by atoms with Gasteiger partial charge in [-0.2, -0.15) is 0 Å². The van der Waals surface area contributed by atoms with Gasteiger partial charge in [0, 0.05) is 17.6 Å². The van der Waals surface area contributed by atoms with Crippen molar-refractivity contribution in [3.05, 3.63) is 57.3 Å². The molecule has 0 aliphatic rings. The third-order valence-corrected chi connectivity index (χ3v) is 4.59. The summed E-state index contributed by atoms with van der Waals surface area (Å²) in [6, 6.07) is 9.75. The summed E-state index contributed by atoms with van der Waals surface area (Å²) in [5, 5.41) is 0. The molecule has 0 unspecified atom stereocenters. The lowest BCUT2D eigenvalue weighted by atomic mass is 10.1. The van der Waals surface area contributed by atoms with Crippen LogP contribution in [0.2, 0.25) is 0 Å². The third-order valence-electron chi connectivity index (χ3n) is 3.43. The van der Waals surface area contributed by atoms with Gasteiger partial charge in [0.15, 0.2) is 5.78 Å². The second-order valence-corrected chi connectivity index (χ2v) is 6.39. The largest absolute Gasteiger partial charge is 0.496 e. The van der Waals surface area contributed by atoms with Gasteiger partial charge in [-0.05, 0) is 42.3 Å². The second-order valence-electron chi connectivity index (χ2n) is 5.22. The van der Waals surface area contributed by atoms with E-state index in [0.717, 1.165) is 34.6 Å². The first-order valence-corrected chi connectivity index (χ1v) is 8.46. The van der Waals surface area contributed by atoms with E-state index in [2.05, 4.69) is 6.92 Å². The van der Waals surface area contributed by atoms with Crippen molar-refractivity contribution >= 4 is 23.2 Å². The van der Waals surface area contributed by atoms with Crippen LogP contribution in [0.5, 0.6) is 5.75 Å². The zero-order valence-corrected chi connectivity index (χ0v) is 14.6. The van der Waals surface area contributed by atoms with E-state index in [4.69, 9.17) is 9.47 Å². The topological polar surface area (TPSA) is 35.5 Å². The smallest absolute Gasteiger partial charge is 0.195 e. The fourth-order valence-corrected chi connectivity index (χ4v) is 3.35. The molecule has 0 aliphatic heterocycles. The van der Waals surface area contributed by atoms with E-state index in [-0.39, 0.29) is 5.78 Å². The number of hydrogen-bond donors (Lipinski definition) is 0. The molecule has 0 atom stereocenters. The van der Waals surface area contributed by atoms with Crippen LogP contribution >= 0.6 is 11.3 Å². The van der Waals surface area contributed by atoms with Crippen LogP contribution in [0.15, 0.2) is 36.4 Å². The molecule has 2 rings (SSSR count). The van der Waals surface area contributed by atoms with Crippen molar-refractivity contribution in [1.82, 2.24) is 0 Å². The molecule has 0 saturated carbocycles. The van der Waals surface area contributed by atoms with Crippen molar-refractivity contribution < 1.29 is 14.3 Å². The Morgan fingerprint density at radius 1 is 1.22 bits per heavy atom. The molecule has 2 aromatic rings. The van der Waals surface area contributed by atoms with Crippen LogP contribution in [0, 0.1) is 0 Å². The van der Waals surface area contributed by atoms with Crippen molar-refractivity contribution in [3.8, 4) is 5.75 Å². The zero-order valence-electron chi connectivity index (χ0n) is 13.8. The van der Waals surface area contributed by atoms with E-state index in [9.17, 15) is 4.79 Å². The maximum atomic E-state index is 12.2. The fraction of sp³-hybridized carbons (Fsp3) is 0.316. The summed E-state index contributed by atoms with van der Waals surface area (Å²) in [5.74, 6) is 0.833. The molecule has 0 saturated heterocycles. The maximum Gasteiger partial charge on any atom is 0.195 e. The Bertz CT molecular complexity index is 686. The highest BCUT2D eigenvalue weighted by Gasteiger charge is 2.07. The molecule has 1 heterocycles. The molecule has 0 bridgehead atoms. The van der Waals surface area contributed by atoms with Gasteiger partial charge >= 0.3 is 0 Å². The van der Waals surface area contributed by atoms with Gasteiger partial charge < -0.3 is 9.47 Å². The standard InChI is InChI=1S/C19H22O3S/c1-4-5-16-8-11-19(23-16)17(20)9-6-14-7-10-18(22-3)15(12-14)13-21-2/h6-12H,4-5,13H2,1-3H3/b9-6+. The molecule has 1 aromatic heterocycles. The zero-order chi connectivity index (χ0) is 16.7. The summed E-state index contributed by atoms with van der Waals surface area (Å²) in [7, 11) is 3.29. The van der Waals surface area contributed by atoms with Crippen LogP contribution in [-0.4, -0.2) is 20.0 Å². The lowest BCUT2D eigenvalue weighted by molar-refractivity contribution is 0.105. The Hall–Kier alpha value is -1.91. The first-order chi connectivity index (χ1) is 11.2. The molecule has 0 radical (unpaired) electrons. The first-order valence-electron chi connectivity index (χ1n) is 7.65. The quantitative estimate of drug-likeness (QED) is 0.517. The lowest BCUT2D eigenvalue weighted by Gasteiger charge is -2.08. The molecule has 23 heavy (non-hydrogen) atoms. The number of methoxy groups -OCH3 is 2. The molecular formula is C19H22O3S. The maximum absolute atomic E-state index is 12.2. The number of hydrogen-bond acceptors (Lipinski definition) is 4. The van der Waals surface area contributed by atoms with E-state index < -0.39 is 0 Å². The van der Waals surface area contributed by atoms with Crippen molar-refractivity contribution in [2.75, 3.05) is 14.2 Å². The average Bonchev–Trinajstić information content (AvgIpc) is 3.02. The predicted octanol–water partition coefficient (Wildman–Crippen LogP) is 4.75. The summed E-state index contributed by atoms with van der Waals surface area (Å²) < 4.78 is 10.5. The van der Waals surface area contributed by atoms with Crippen LogP contribution in [0.25, 0.3) is 6.08 Å². The number of carbonyl (C=O) groups is 1. The van der Waals surface area contributed by atoms with Crippen molar-refractivity contribution in [1.29, 1.82) is 0 Å². The molecule has 0 N–H and O–H groups in total. The molecule has 0 aliphatic carbocycles. The summed E-state index contributed by atoms with van der Waals surface area (Å²) in [6.07, 6.45) is 5.58.